The molecule has 0 bridgehead atoms. The molecular weight excluding hydrogens is 168 g/mol. The van der Waals surface area contributed by atoms with Crippen molar-refractivity contribution in [3.05, 3.63) is 23.5 Å². The first kappa shape index (κ1) is 8.70. The standard InChI is InChI=1S/C7H7F2NO2/c1-12-7(11)5-3-2-4(10-5)6(8)9/h2-3,6,10H,1H3. The highest BCUT2D eigenvalue weighted by molar-refractivity contribution is 5.87. The number of hydrogen-bond donors (Lipinski definition) is 1. The summed E-state index contributed by atoms with van der Waals surface area (Å²) in [6, 6.07) is 2.41. The van der Waals surface area contributed by atoms with Crippen LogP contribution in [0.15, 0.2) is 12.1 Å². The van der Waals surface area contributed by atoms with E-state index in [1.807, 2.05) is 0 Å². The maximum Gasteiger partial charge on any atom is 0.354 e. The fraction of sp³-hybridized carbons (Fsp3) is 0.286. The van der Waals surface area contributed by atoms with Crippen LogP contribution in [-0.2, 0) is 4.74 Å². The summed E-state index contributed by atoms with van der Waals surface area (Å²) in [4.78, 5) is 13.0. The van der Waals surface area contributed by atoms with Crippen LogP contribution in [0.1, 0.15) is 22.6 Å². The predicted molar refractivity (Wildman–Crippen MR) is 37.1 cm³/mol. The van der Waals surface area contributed by atoms with Crippen molar-refractivity contribution in [2.75, 3.05) is 7.11 Å². The Bertz CT molecular complexity index is 283. The summed E-state index contributed by atoms with van der Waals surface area (Å²) in [5.41, 5.74) is -0.247. The Balaban J connectivity index is 2.84. The first-order valence-corrected chi connectivity index (χ1v) is 3.20. The maximum atomic E-state index is 12.0. The predicted octanol–water partition coefficient (Wildman–Crippen LogP) is 1.74. The van der Waals surface area contributed by atoms with Gasteiger partial charge in [0.15, 0.2) is 0 Å². The molecule has 0 atom stereocenters. The highest BCUT2D eigenvalue weighted by atomic mass is 19.3. The molecule has 5 heteroatoms. The van der Waals surface area contributed by atoms with Crippen LogP contribution in [-0.4, -0.2) is 18.1 Å². The van der Waals surface area contributed by atoms with Gasteiger partial charge in [-0.25, -0.2) is 13.6 Å². The Morgan fingerprint density at radius 3 is 2.67 bits per heavy atom. The van der Waals surface area contributed by atoms with Gasteiger partial charge in [0.05, 0.1) is 12.8 Å². The molecule has 1 N–H and O–H groups in total. The summed E-state index contributed by atoms with van der Waals surface area (Å²) < 4.78 is 28.2. The lowest BCUT2D eigenvalue weighted by atomic mass is 10.4. The lowest BCUT2D eigenvalue weighted by Crippen LogP contribution is -2.01. The Labute approximate surface area is 67.3 Å². The lowest BCUT2D eigenvalue weighted by Gasteiger charge is -1.94. The third kappa shape index (κ3) is 1.61. The van der Waals surface area contributed by atoms with Crippen LogP contribution in [0.3, 0.4) is 0 Å². The maximum absolute atomic E-state index is 12.0. The van der Waals surface area contributed by atoms with Gasteiger partial charge >= 0.3 is 5.97 Å². The van der Waals surface area contributed by atoms with Gasteiger partial charge < -0.3 is 9.72 Å². The van der Waals surface area contributed by atoms with E-state index >= 15 is 0 Å². The van der Waals surface area contributed by atoms with Gasteiger partial charge in [0.2, 0.25) is 0 Å². The van der Waals surface area contributed by atoms with E-state index in [-0.39, 0.29) is 11.4 Å². The zero-order valence-corrected chi connectivity index (χ0v) is 6.30. The third-order valence-corrected chi connectivity index (χ3v) is 1.35. The van der Waals surface area contributed by atoms with Crippen molar-refractivity contribution < 1.29 is 18.3 Å². The van der Waals surface area contributed by atoms with E-state index in [1.165, 1.54) is 13.2 Å². The Kier molecular flexibility index (Phi) is 2.42. The van der Waals surface area contributed by atoms with Crippen LogP contribution in [0.5, 0.6) is 0 Å². The van der Waals surface area contributed by atoms with E-state index in [9.17, 15) is 13.6 Å². The zero-order chi connectivity index (χ0) is 9.14. The molecule has 1 aromatic heterocycles. The van der Waals surface area contributed by atoms with E-state index in [2.05, 4.69) is 9.72 Å². The summed E-state index contributed by atoms with van der Waals surface area (Å²) in [7, 11) is 1.19. The fourth-order valence-corrected chi connectivity index (χ4v) is 0.768. The zero-order valence-electron chi connectivity index (χ0n) is 6.30. The molecule has 0 saturated heterocycles. The minimum Gasteiger partial charge on any atom is -0.464 e. The van der Waals surface area contributed by atoms with Crippen LogP contribution in [0.25, 0.3) is 0 Å². The molecule has 1 aromatic rings. The van der Waals surface area contributed by atoms with Crippen LogP contribution >= 0.6 is 0 Å². The van der Waals surface area contributed by atoms with E-state index < -0.39 is 12.4 Å². The largest absolute Gasteiger partial charge is 0.464 e. The molecule has 12 heavy (non-hydrogen) atoms. The Morgan fingerprint density at radius 2 is 2.25 bits per heavy atom. The van der Waals surface area contributed by atoms with Crippen molar-refractivity contribution in [1.29, 1.82) is 0 Å². The highest BCUT2D eigenvalue weighted by Gasteiger charge is 2.13. The number of H-pyrrole nitrogens is 1. The van der Waals surface area contributed by atoms with E-state index in [1.54, 1.807) is 0 Å². The van der Waals surface area contributed by atoms with Gasteiger partial charge in [-0.05, 0) is 12.1 Å². The summed E-state index contributed by atoms with van der Waals surface area (Å²) in [5, 5.41) is 0. The van der Waals surface area contributed by atoms with Crippen LogP contribution in [0, 0.1) is 0 Å². The number of esters is 1. The second-order valence-electron chi connectivity index (χ2n) is 2.12. The molecule has 0 unspecified atom stereocenters. The third-order valence-electron chi connectivity index (χ3n) is 1.35. The fourth-order valence-electron chi connectivity index (χ4n) is 0.768. The van der Waals surface area contributed by atoms with Gasteiger partial charge in [0, 0.05) is 0 Å². The van der Waals surface area contributed by atoms with Crippen molar-refractivity contribution in [2.24, 2.45) is 0 Å². The minimum atomic E-state index is -2.59. The lowest BCUT2D eigenvalue weighted by molar-refractivity contribution is 0.0594. The number of aromatic amines is 1. The second kappa shape index (κ2) is 3.34. The van der Waals surface area contributed by atoms with Crippen molar-refractivity contribution in [3.63, 3.8) is 0 Å². The number of carbonyl (C=O) groups is 1. The second-order valence-corrected chi connectivity index (χ2v) is 2.12. The number of hydrogen-bond acceptors (Lipinski definition) is 2. The molecule has 0 amide bonds. The van der Waals surface area contributed by atoms with E-state index in [0.717, 1.165) is 6.07 Å². The van der Waals surface area contributed by atoms with Crippen molar-refractivity contribution >= 4 is 5.97 Å². The smallest absolute Gasteiger partial charge is 0.354 e. The quantitative estimate of drug-likeness (QED) is 0.695. The number of methoxy groups -OCH3 is 1. The number of alkyl halides is 2. The number of ether oxygens (including phenoxy) is 1. The number of aromatic nitrogens is 1. The van der Waals surface area contributed by atoms with Gasteiger partial charge in [0.25, 0.3) is 6.43 Å². The van der Waals surface area contributed by atoms with Gasteiger partial charge in [-0.3, -0.25) is 0 Å². The van der Waals surface area contributed by atoms with Gasteiger partial charge in [0.1, 0.15) is 5.69 Å². The molecule has 1 rings (SSSR count). The summed E-state index contributed by atoms with van der Waals surface area (Å²) in [6.07, 6.45) is -2.59. The molecule has 0 aromatic carbocycles. The molecule has 0 aliphatic rings. The van der Waals surface area contributed by atoms with E-state index in [0.29, 0.717) is 0 Å². The summed E-state index contributed by atoms with van der Waals surface area (Å²) >= 11 is 0. The Hall–Kier alpha value is -1.39. The van der Waals surface area contributed by atoms with Crippen LogP contribution in [0.4, 0.5) is 8.78 Å². The van der Waals surface area contributed by atoms with Gasteiger partial charge in [-0.2, -0.15) is 0 Å². The average Bonchev–Trinajstić information content (AvgIpc) is 2.51. The molecule has 0 aliphatic heterocycles. The van der Waals surface area contributed by atoms with Crippen LogP contribution < -0.4 is 0 Å². The number of rotatable bonds is 2. The molecule has 3 nitrogen and oxygen atoms in total. The van der Waals surface area contributed by atoms with Crippen molar-refractivity contribution in [2.45, 2.75) is 6.43 Å². The van der Waals surface area contributed by atoms with Gasteiger partial charge in [-0.15, -0.1) is 0 Å². The molecular formula is C7H7F2NO2. The first-order valence-electron chi connectivity index (χ1n) is 3.20. The van der Waals surface area contributed by atoms with Crippen molar-refractivity contribution in [1.82, 2.24) is 4.98 Å². The van der Waals surface area contributed by atoms with Crippen LogP contribution in [0.2, 0.25) is 0 Å². The molecule has 1 heterocycles. The Morgan fingerprint density at radius 1 is 1.58 bits per heavy atom. The molecule has 0 saturated carbocycles. The average molecular weight is 175 g/mol. The first-order chi connectivity index (χ1) is 5.65. The number of halogens is 2. The molecule has 66 valence electrons. The molecule has 0 radical (unpaired) electrons. The molecule has 0 fully saturated rings. The van der Waals surface area contributed by atoms with E-state index in [4.69, 9.17) is 0 Å². The molecule has 0 aliphatic carbocycles. The van der Waals surface area contributed by atoms with Gasteiger partial charge in [-0.1, -0.05) is 0 Å². The highest BCUT2D eigenvalue weighted by Crippen LogP contribution is 2.17. The normalized spacial score (nSPS) is 10.3. The molecule has 0 spiro atoms. The van der Waals surface area contributed by atoms with Crippen molar-refractivity contribution in [3.8, 4) is 0 Å². The minimum absolute atomic E-state index is 0.0350. The topological polar surface area (TPSA) is 42.1 Å². The SMILES string of the molecule is COC(=O)c1ccc(C(F)F)[nH]1. The monoisotopic (exact) mass is 175 g/mol. The summed E-state index contributed by atoms with van der Waals surface area (Å²) in [5.74, 6) is -0.651. The number of nitrogens with one attached hydrogen (secondary N) is 1. The summed E-state index contributed by atoms with van der Waals surface area (Å²) in [6.45, 7) is 0. The number of carbonyl (C=O) groups excluding carboxylic acids is 1.